The van der Waals surface area contributed by atoms with E-state index in [4.69, 9.17) is 9.47 Å². The van der Waals surface area contributed by atoms with Crippen LogP contribution >= 0.6 is 0 Å². The van der Waals surface area contributed by atoms with E-state index in [-0.39, 0.29) is 23.7 Å². The number of hydrogen-bond donors (Lipinski definition) is 2. The minimum absolute atomic E-state index is 0.0935. The average molecular weight is 519 g/mol. The third-order valence-corrected chi connectivity index (χ3v) is 9.21. The summed E-state index contributed by atoms with van der Waals surface area (Å²) in [6, 6.07) is 2.51. The number of halogens is 3. The van der Waals surface area contributed by atoms with Gasteiger partial charge in [-0.25, -0.2) is 4.68 Å². The molecule has 0 radical (unpaired) electrons. The van der Waals surface area contributed by atoms with Crippen molar-refractivity contribution in [2.45, 2.75) is 56.8 Å². The molecular weight excluding hydrogens is 485 g/mol. The molecule has 4 saturated carbocycles. The van der Waals surface area contributed by atoms with E-state index >= 15 is 0 Å². The van der Waals surface area contributed by atoms with Gasteiger partial charge in [0.2, 0.25) is 0 Å². The first kappa shape index (κ1) is 24.4. The van der Waals surface area contributed by atoms with Gasteiger partial charge in [0.1, 0.15) is 11.4 Å². The number of amides is 1. The van der Waals surface area contributed by atoms with Crippen molar-refractivity contribution < 1.29 is 27.4 Å². The minimum Gasteiger partial charge on any atom is -0.493 e. The molecule has 2 atom stereocenters. The fraction of sp³-hybridized carbons (Fsp3) is 0.630. The fourth-order valence-corrected chi connectivity index (χ4v) is 7.69. The number of anilines is 1. The second kappa shape index (κ2) is 9.13. The normalized spacial score (nSPS) is 32.0. The van der Waals surface area contributed by atoms with Gasteiger partial charge in [-0.15, -0.1) is 0 Å². The molecule has 10 heteroatoms. The van der Waals surface area contributed by atoms with Crippen LogP contribution in [0, 0.1) is 29.6 Å². The highest BCUT2D eigenvalue weighted by Crippen LogP contribution is 2.56. The van der Waals surface area contributed by atoms with Gasteiger partial charge in [0, 0.05) is 13.0 Å². The molecule has 7 nitrogen and oxygen atoms in total. The number of fused-ring (bicyclic) bond motifs is 1. The summed E-state index contributed by atoms with van der Waals surface area (Å²) in [4.78, 5) is 13.3. The van der Waals surface area contributed by atoms with Gasteiger partial charge in [0.15, 0.2) is 17.5 Å². The summed E-state index contributed by atoms with van der Waals surface area (Å²) in [7, 11) is 2.98. The number of rotatable bonds is 6. The number of hydrogen-bond acceptors (Lipinski definition) is 5. The van der Waals surface area contributed by atoms with Gasteiger partial charge in [-0.1, -0.05) is 6.07 Å². The molecule has 7 rings (SSSR count). The van der Waals surface area contributed by atoms with Crippen LogP contribution in [0.4, 0.5) is 19.0 Å². The van der Waals surface area contributed by atoms with Crippen molar-refractivity contribution in [3.05, 3.63) is 35.5 Å². The summed E-state index contributed by atoms with van der Waals surface area (Å²) in [6.07, 6.45) is 2.83. The first-order valence-corrected chi connectivity index (χ1v) is 13.2. The first-order chi connectivity index (χ1) is 17.7. The van der Waals surface area contributed by atoms with Crippen LogP contribution < -0.4 is 20.1 Å². The van der Waals surface area contributed by atoms with E-state index in [9.17, 15) is 18.0 Å². The Morgan fingerprint density at radius 1 is 1.05 bits per heavy atom. The summed E-state index contributed by atoms with van der Waals surface area (Å²) >= 11 is 0. The molecule has 0 spiro atoms. The zero-order valence-corrected chi connectivity index (χ0v) is 21.1. The highest BCUT2D eigenvalue weighted by atomic mass is 19.4. The lowest BCUT2D eigenvalue weighted by atomic mass is 9.52. The lowest BCUT2D eigenvalue weighted by Gasteiger charge is -2.54. The topological polar surface area (TPSA) is 77.4 Å². The van der Waals surface area contributed by atoms with Gasteiger partial charge in [-0.3, -0.25) is 4.79 Å². The van der Waals surface area contributed by atoms with E-state index < -0.39 is 18.3 Å². The van der Waals surface area contributed by atoms with Crippen molar-refractivity contribution in [1.82, 2.24) is 15.1 Å². The van der Waals surface area contributed by atoms with E-state index in [0.717, 1.165) is 16.5 Å². The second-order valence-electron chi connectivity index (χ2n) is 11.3. The molecule has 5 aliphatic rings. The second-order valence-corrected chi connectivity index (χ2v) is 11.3. The van der Waals surface area contributed by atoms with Crippen molar-refractivity contribution in [3.8, 4) is 11.5 Å². The van der Waals surface area contributed by atoms with Crippen LogP contribution in [0.15, 0.2) is 24.4 Å². The van der Waals surface area contributed by atoms with Crippen LogP contribution in [0.3, 0.4) is 0 Å². The summed E-state index contributed by atoms with van der Waals surface area (Å²) in [5, 5.41) is 10.2. The Morgan fingerprint density at radius 2 is 1.73 bits per heavy atom. The first-order valence-electron chi connectivity index (χ1n) is 13.2. The Labute approximate surface area is 214 Å². The molecule has 2 aromatic rings. The Morgan fingerprint density at radius 3 is 2.35 bits per heavy atom. The lowest BCUT2D eigenvalue weighted by molar-refractivity contribution is -0.173. The number of nitrogens with one attached hydrogen (secondary N) is 2. The SMILES string of the molecule is COc1ccc([C@@H]2C[C@@H](C(F)(F)F)n3ncc(C(=O)NCC4C5CC6CC(C5)CC4C6)c3N2)cc1OC. The smallest absolute Gasteiger partial charge is 0.410 e. The van der Waals surface area contributed by atoms with Gasteiger partial charge in [0.25, 0.3) is 5.91 Å². The largest absolute Gasteiger partial charge is 0.493 e. The van der Waals surface area contributed by atoms with Crippen LogP contribution in [0.1, 0.15) is 66.5 Å². The molecule has 37 heavy (non-hydrogen) atoms. The minimum atomic E-state index is -4.52. The number of carbonyl (C=O) groups is 1. The molecule has 2 heterocycles. The molecule has 1 aliphatic heterocycles. The predicted molar refractivity (Wildman–Crippen MR) is 131 cm³/mol. The van der Waals surface area contributed by atoms with Crippen LogP contribution in [0.25, 0.3) is 0 Å². The van der Waals surface area contributed by atoms with Gasteiger partial charge in [0.05, 0.1) is 26.5 Å². The third-order valence-electron chi connectivity index (χ3n) is 9.21. The maximum absolute atomic E-state index is 14.1. The quantitative estimate of drug-likeness (QED) is 0.538. The van der Waals surface area contributed by atoms with E-state index in [1.165, 1.54) is 52.5 Å². The fourth-order valence-electron chi connectivity index (χ4n) is 7.69. The maximum Gasteiger partial charge on any atom is 0.410 e. The molecule has 2 N–H and O–H groups in total. The number of aromatic nitrogens is 2. The number of ether oxygens (including phenoxy) is 2. The zero-order valence-electron chi connectivity index (χ0n) is 21.1. The molecule has 0 unspecified atom stereocenters. The van der Waals surface area contributed by atoms with Crippen molar-refractivity contribution in [2.75, 3.05) is 26.1 Å². The Balaban J connectivity index is 1.23. The Kier molecular flexibility index (Phi) is 6.03. The van der Waals surface area contributed by atoms with Crippen molar-refractivity contribution >= 4 is 11.7 Å². The third kappa shape index (κ3) is 4.32. The van der Waals surface area contributed by atoms with E-state index in [0.29, 0.717) is 41.4 Å². The number of nitrogens with zero attached hydrogens (tertiary/aromatic N) is 2. The van der Waals surface area contributed by atoms with E-state index in [2.05, 4.69) is 15.7 Å². The van der Waals surface area contributed by atoms with Crippen LogP contribution in [0.5, 0.6) is 11.5 Å². The highest BCUT2D eigenvalue weighted by Gasteiger charge is 2.49. The number of carbonyl (C=O) groups excluding carboxylic acids is 1. The van der Waals surface area contributed by atoms with Gasteiger partial charge in [-0.2, -0.15) is 18.3 Å². The molecule has 1 aromatic heterocycles. The standard InChI is InChI=1S/C27H33F3N4O3/c1-36-22-4-3-16(10-23(22)37-2)21-11-24(27(28,29)30)34-25(33-21)20(13-32-34)26(35)31-12-19-17-6-14-5-15(8-17)9-18(19)7-14/h3-4,10,13-15,17-19,21,24,33H,5-9,11-12H2,1-2H3,(H,31,35)/t14?,15?,17?,18?,19?,21-,24-/m0/s1. The zero-order chi connectivity index (χ0) is 25.9. The molecule has 1 amide bonds. The molecule has 0 saturated heterocycles. The van der Waals surface area contributed by atoms with Crippen LogP contribution in [-0.2, 0) is 0 Å². The molecule has 4 aliphatic carbocycles. The number of benzene rings is 1. The van der Waals surface area contributed by atoms with E-state index in [1.54, 1.807) is 18.2 Å². The molecule has 4 bridgehead atoms. The molecule has 200 valence electrons. The van der Waals surface area contributed by atoms with Crippen LogP contribution in [0.2, 0.25) is 0 Å². The highest BCUT2D eigenvalue weighted by molar-refractivity contribution is 5.98. The van der Waals surface area contributed by atoms with Crippen molar-refractivity contribution in [1.29, 1.82) is 0 Å². The van der Waals surface area contributed by atoms with Gasteiger partial charge in [-0.05, 0) is 79.4 Å². The number of methoxy groups -OCH3 is 2. The summed E-state index contributed by atoms with van der Waals surface area (Å²) in [5.41, 5.74) is 0.752. The monoisotopic (exact) mass is 518 g/mol. The Hall–Kier alpha value is -2.91. The van der Waals surface area contributed by atoms with Gasteiger partial charge < -0.3 is 20.1 Å². The summed E-state index contributed by atoms with van der Waals surface area (Å²) in [6.45, 7) is 0.569. The van der Waals surface area contributed by atoms with Crippen molar-refractivity contribution in [2.24, 2.45) is 29.6 Å². The lowest BCUT2D eigenvalue weighted by Crippen LogP contribution is -2.49. The molecular formula is C27H33F3N4O3. The number of alkyl halides is 3. The van der Waals surface area contributed by atoms with E-state index in [1.807, 2.05) is 0 Å². The Bertz CT molecular complexity index is 1150. The average Bonchev–Trinajstić information content (AvgIpc) is 3.30. The summed E-state index contributed by atoms with van der Waals surface area (Å²) < 4.78 is 53.9. The molecule has 1 aromatic carbocycles. The van der Waals surface area contributed by atoms with Crippen molar-refractivity contribution in [3.63, 3.8) is 0 Å². The predicted octanol–water partition coefficient (Wildman–Crippen LogP) is 5.36. The molecule has 4 fully saturated rings. The van der Waals surface area contributed by atoms with Gasteiger partial charge >= 0.3 is 6.18 Å². The van der Waals surface area contributed by atoms with Crippen LogP contribution in [-0.4, -0.2) is 42.6 Å². The maximum atomic E-state index is 14.1. The summed E-state index contributed by atoms with van der Waals surface area (Å²) in [5.74, 6) is 4.08.